The van der Waals surface area contributed by atoms with Crippen LogP contribution in [0.3, 0.4) is 0 Å². The fourth-order valence-electron chi connectivity index (χ4n) is 3.24. The first kappa shape index (κ1) is 35.2. The molecule has 1 amide bonds. The highest BCUT2D eigenvalue weighted by Crippen LogP contribution is 2.19. The summed E-state index contributed by atoms with van der Waals surface area (Å²) in [5, 5.41) is 2.64. The van der Waals surface area contributed by atoms with Gasteiger partial charge in [0.25, 0.3) is 0 Å². The zero-order valence-electron chi connectivity index (χ0n) is 24.4. The predicted molar refractivity (Wildman–Crippen MR) is 157 cm³/mol. The van der Waals surface area contributed by atoms with Crippen LogP contribution in [0.25, 0.3) is 0 Å². The smallest absolute Gasteiger partial charge is 0.407 e. The molecule has 0 bridgehead atoms. The van der Waals surface area contributed by atoms with Crippen LogP contribution in [0.2, 0.25) is 0 Å². The van der Waals surface area contributed by atoms with Gasteiger partial charge >= 0.3 is 6.09 Å². The first-order chi connectivity index (χ1) is 20.8. The molecule has 12 heteroatoms. The van der Waals surface area contributed by atoms with Crippen molar-refractivity contribution in [3.05, 3.63) is 60.2 Å². The summed E-state index contributed by atoms with van der Waals surface area (Å²) in [6.07, 6.45) is -0.468. The summed E-state index contributed by atoms with van der Waals surface area (Å²) in [7, 11) is 0. The Balaban J connectivity index is 1.19. The number of nitrogens with two attached hydrogens (primary N) is 1. The van der Waals surface area contributed by atoms with Gasteiger partial charge < -0.3 is 53.7 Å². The molecule has 0 saturated heterocycles. The molecular formula is C30H46N2O10. The molecule has 0 aromatic heterocycles. The van der Waals surface area contributed by atoms with E-state index in [1.165, 1.54) is 0 Å². The molecule has 0 saturated carbocycles. The molecule has 2 aromatic carbocycles. The Morgan fingerprint density at radius 3 is 1.48 bits per heavy atom. The number of rotatable bonds is 27. The van der Waals surface area contributed by atoms with Crippen LogP contribution < -0.4 is 15.8 Å². The normalized spacial score (nSPS) is 11.0. The molecule has 3 N–H and O–H groups in total. The maximum Gasteiger partial charge on any atom is 0.407 e. The van der Waals surface area contributed by atoms with Crippen LogP contribution in [-0.2, 0) is 44.5 Å². The molecule has 0 atom stereocenters. The SMILES string of the molecule is Nc1ccccc1OCCOCCOCCOCCOCCOCCOCCOCCNC(=O)OCc1ccccc1. The van der Waals surface area contributed by atoms with Gasteiger partial charge in [-0.1, -0.05) is 42.5 Å². The minimum atomic E-state index is -0.468. The van der Waals surface area contributed by atoms with Gasteiger partial charge in [-0.2, -0.15) is 0 Å². The third-order valence-corrected chi connectivity index (χ3v) is 5.36. The van der Waals surface area contributed by atoms with Crippen LogP contribution in [0, 0.1) is 0 Å². The summed E-state index contributed by atoms with van der Waals surface area (Å²) < 4.78 is 48.8. The Labute approximate surface area is 248 Å². The van der Waals surface area contributed by atoms with Gasteiger partial charge in [-0.25, -0.2) is 4.79 Å². The van der Waals surface area contributed by atoms with E-state index < -0.39 is 6.09 Å². The van der Waals surface area contributed by atoms with E-state index in [0.29, 0.717) is 117 Å². The zero-order valence-corrected chi connectivity index (χ0v) is 24.4. The summed E-state index contributed by atoms with van der Waals surface area (Å²) in [6.45, 7) is 7.65. The van der Waals surface area contributed by atoms with E-state index in [9.17, 15) is 4.79 Å². The molecule has 236 valence electrons. The third-order valence-electron chi connectivity index (χ3n) is 5.36. The van der Waals surface area contributed by atoms with Gasteiger partial charge in [0.1, 0.15) is 19.0 Å². The first-order valence-corrected chi connectivity index (χ1v) is 14.2. The number of anilines is 1. The number of amides is 1. The number of carbonyl (C=O) groups is 1. The number of hydrogen-bond donors (Lipinski definition) is 2. The predicted octanol–water partition coefficient (Wildman–Crippen LogP) is 2.69. The van der Waals surface area contributed by atoms with Crippen LogP contribution in [0.15, 0.2) is 54.6 Å². The second kappa shape index (κ2) is 25.7. The number of nitrogen functional groups attached to an aromatic ring is 1. The monoisotopic (exact) mass is 594 g/mol. The molecule has 0 aliphatic heterocycles. The Kier molecular flexibility index (Phi) is 21.6. The lowest BCUT2D eigenvalue weighted by molar-refractivity contribution is -0.0211. The highest BCUT2D eigenvalue weighted by atomic mass is 16.6. The first-order valence-electron chi connectivity index (χ1n) is 14.2. The highest BCUT2D eigenvalue weighted by Gasteiger charge is 2.02. The molecular weight excluding hydrogens is 548 g/mol. The van der Waals surface area contributed by atoms with Crippen molar-refractivity contribution in [3.63, 3.8) is 0 Å². The molecule has 0 radical (unpaired) electrons. The van der Waals surface area contributed by atoms with Crippen LogP contribution in [0.1, 0.15) is 5.56 Å². The van der Waals surface area contributed by atoms with E-state index in [4.69, 9.17) is 48.4 Å². The van der Waals surface area contributed by atoms with Gasteiger partial charge in [0, 0.05) is 6.54 Å². The van der Waals surface area contributed by atoms with Crippen molar-refractivity contribution >= 4 is 11.8 Å². The van der Waals surface area contributed by atoms with Gasteiger partial charge in [-0.05, 0) is 17.7 Å². The Bertz CT molecular complexity index is 907. The van der Waals surface area contributed by atoms with E-state index in [1.54, 1.807) is 6.07 Å². The van der Waals surface area contributed by atoms with E-state index in [-0.39, 0.29) is 6.61 Å². The Morgan fingerprint density at radius 1 is 0.548 bits per heavy atom. The minimum Gasteiger partial charge on any atom is -0.489 e. The molecule has 0 spiro atoms. The average Bonchev–Trinajstić information content (AvgIpc) is 3.01. The molecule has 0 aliphatic carbocycles. The van der Waals surface area contributed by atoms with E-state index in [1.807, 2.05) is 48.5 Å². The van der Waals surface area contributed by atoms with E-state index in [2.05, 4.69) is 5.32 Å². The molecule has 0 aliphatic rings. The van der Waals surface area contributed by atoms with Crippen molar-refractivity contribution in [2.24, 2.45) is 0 Å². The summed E-state index contributed by atoms with van der Waals surface area (Å²) in [6, 6.07) is 16.9. The molecule has 12 nitrogen and oxygen atoms in total. The third kappa shape index (κ3) is 20.0. The van der Waals surface area contributed by atoms with Crippen molar-refractivity contribution in [2.45, 2.75) is 6.61 Å². The summed E-state index contributed by atoms with van der Waals surface area (Å²) in [5.74, 6) is 0.665. The largest absolute Gasteiger partial charge is 0.489 e. The molecule has 2 rings (SSSR count). The topological polar surface area (TPSA) is 138 Å². The average molecular weight is 595 g/mol. The number of nitrogens with one attached hydrogen (secondary N) is 1. The van der Waals surface area contributed by atoms with Gasteiger partial charge in [0.05, 0.1) is 98.2 Å². The number of para-hydroxylation sites is 2. The van der Waals surface area contributed by atoms with Gasteiger partial charge in [0.2, 0.25) is 0 Å². The molecule has 42 heavy (non-hydrogen) atoms. The van der Waals surface area contributed by atoms with E-state index in [0.717, 1.165) is 5.56 Å². The lowest BCUT2D eigenvalue weighted by Crippen LogP contribution is -2.28. The second-order valence-electron chi connectivity index (χ2n) is 8.66. The molecule has 0 heterocycles. The number of alkyl carbamates (subject to hydrolysis) is 1. The number of hydrogen-bond acceptors (Lipinski definition) is 11. The van der Waals surface area contributed by atoms with Gasteiger partial charge in [-0.15, -0.1) is 0 Å². The lowest BCUT2D eigenvalue weighted by atomic mass is 10.2. The van der Waals surface area contributed by atoms with Crippen molar-refractivity contribution < 1.29 is 47.4 Å². The summed E-state index contributed by atoms with van der Waals surface area (Å²) >= 11 is 0. The molecule has 2 aromatic rings. The lowest BCUT2D eigenvalue weighted by Gasteiger charge is -2.10. The Hall–Kier alpha value is -2.97. The van der Waals surface area contributed by atoms with Crippen molar-refractivity contribution in [2.75, 3.05) is 111 Å². The van der Waals surface area contributed by atoms with Crippen LogP contribution in [0.5, 0.6) is 5.75 Å². The van der Waals surface area contributed by atoms with Crippen LogP contribution in [0.4, 0.5) is 10.5 Å². The maximum atomic E-state index is 11.6. The van der Waals surface area contributed by atoms with Crippen LogP contribution in [-0.4, -0.2) is 112 Å². The van der Waals surface area contributed by atoms with Crippen molar-refractivity contribution in [1.29, 1.82) is 0 Å². The summed E-state index contributed by atoms with van der Waals surface area (Å²) in [5.41, 5.74) is 7.36. The fraction of sp³-hybridized carbons (Fsp3) is 0.567. The minimum absolute atomic E-state index is 0.239. The van der Waals surface area contributed by atoms with Crippen LogP contribution >= 0.6 is 0 Å². The van der Waals surface area contributed by atoms with Crippen molar-refractivity contribution in [1.82, 2.24) is 5.32 Å². The molecule has 0 unspecified atom stereocenters. The summed E-state index contributed by atoms with van der Waals surface area (Å²) in [4.78, 5) is 11.6. The van der Waals surface area contributed by atoms with Gasteiger partial charge in [-0.3, -0.25) is 0 Å². The Morgan fingerprint density at radius 2 is 0.976 bits per heavy atom. The highest BCUT2D eigenvalue weighted by molar-refractivity contribution is 5.67. The number of benzene rings is 2. The number of carbonyl (C=O) groups excluding carboxylic acids is 1. The maximum absolute atomic E-state index is 11.6. The quantitative estimate of drug-likeness (QED) is 0.117. The molecule has 0 fully saturated rings. The van der Waals surface area contributed by atoms with E-state index >= 15 is 0 Å². The standard InChI is InChI=1S/C30H46N2O10/c31-28-8-4-5-9-29(28)41-25-24-40-23-22-39-21-20-38-19-18-37-17-16-36-15-14-35-13-12-34-11-10-32-30(33)42-26-27-6-2-1-3-7-27/h1-9H,10-26,31H2,(H,32,33). The van der Waals surface area contributed by atoms with Gasteiger partial charge in [0.15, 0.2) is 0 Å². The fourth-order valence-corrected chi connectivity index (χ4v) is 3.24. The number of ether oxygens (including phenoxy) is 9. The van der Waals surface area contributed by atoms with Crippen molar-refractivity contribution in [3.8, 4) is 5.75 Å². The second-order valence-corrected chi connectivity index (χ2v) is 8.66. The zero-order chi connectivity index (χ0) is 29.8.